The highest BCUT2D eigenvalue weighted by atomic mass is 16.1. The van der Waals surface area contributed by atoms with E-state index in [4.69, 9.17) is 4.98 Å². The van der Waals surface area contributed by atoms with Gasteiger partial charge in [-0.15, -0.1) is 0 Å². The third kappa shape index (κ3) is 4.63. The smallest absolute Gasteiger partial charge is 0.227 e. The molecule has 2 fully saturated rings. The van der Waals surface area contributed by atoms with Crippen LogP contribution in [0.25, 0.3) is 44.6 Å². The molecule has 7 rings (SSSR count). The Kier molecular flexibility index (Phi) is 6.50. The van der Waals surface area contributed by atoms with Crippen molar-refractivity contribution in [3.05, 3.63) is 60.2 Å². The number of nitrogens with one attached hydrogen (secondary N) is 3. The molecule has 1 saturated carbocycles. The lowest BCUT2D eigenvalue weighted by atomic mass is 9.99. The molecule has 40 heavy (non-hydrogen) atoms. The number of aromatic amines is 2. The number of hydrogen-bond donors (Lipinski definition) is 3. The Morgan fingerprint density at radius 1 is 0.950 bits per heavy atom. The highest BCUT2D eigenvalue weighted by molar-refractivity contribution is 5.98. The van der Waals surface area contributed by atoms with E-state index >= 15 is 0 Å². The van der Waals surface area contributed by atoms with Gasteiger partial charge in [-0.3, -0.25) is 9.89 Å². The molecule has 7 nitrogen and oxygen atoms in total. The molecular formula is C33H36N6O. The Hall–Kier alpha value is -4.13. The van der Waals surface area contributed by atoms with Gasteiger partial charge in [0.25, 0.3) is 0 Å². The normalized spacial score (nSPS) is 16.3. The fraction of sp³-hybridized carbons (Fsp3) is 0.364. The molecule has 3 heterocycles. The van der Waals surface area contributed by atoms with Crippen LogP contribution >= 0.6 is 0 Å². The van der Waals surface area contributed by atoms with Crippen LogP contribution in [0.1, 0.15) is 57.4 Å². The quantitative estimate of drug-likeness (QED) is 0.212. The van der Waals surface area contributed by atoms with Crippen LogP contribution in [-0.4, -0.2) is 39.2 Å². The summed E-state index contributed by atoms with van der Waals surface area (Å²) < 4.78 is 0. The number of anilines is 2. The Balaban J connectivity index is 1.25. The van der Waals surface area contributed by atoms with Gasteiger partial charge in [-0.25, -0.2) is 4.98 Å². The summed E-state index contributed by atoms with van der Waals surface area (Å²) in [5.41, 5.74) is 9.28. The lowest BCUT2D eigenvalue weighted by Gasteiger charge is -2.28. The molecule has 0 radical (unpaired) electrons. The van der Waals surface area contributed by atoms with E-state index in [1.807, 2.05) is 0 Å². The van der Waals surface area contributed by atoms with Crippen molar-refractivity contribution in [1.82, 2.24) is 20.2 Å². The maximum Gasteiger partial charge on any atom is 0.227 e. The number of rotatable bonds is 6. The number of para-hydroxylation sites is 1. The minimum absolute atomic E-state index is 0.137. The summed E-state index contributed by atoms with van der Waals surface area (Å²) in [6.45, 7) is 4.31. The van der Waals surface area contributed by atoms with Crippen LogP contribution in [0, 0.1) is 5.92 Å². The Labute approximate surface area is 234 Å². The molecule has 5 aromatic rings. The van der Waals surface area contributed by atoms with Gasteiger partial charge in [0.05, 0.1) is 16.7 Å². The second-order valence-electron chi connectivity index (χ2n) is 11.4. The Morgan fingerprint density at radius 2 is 1.80 bits per heavy atom. The summed E-state index contributed by atoms with van der Waals surface area (Å²) in [6, 6.07) is 19.2. The van der Waals surface area contributed by atoms with Crippen LogP contribution in [0.15, 0.2) is 54.6 Å². The van der Waals surface area contributed by atoms with E-state index in [0.29, 0.717) is 0 Å². The second-order valence-corrected chi connectivity index (χ2v) is 11.4. The van der Waals surface area contributed by atoms with Gasteiger partial charge in [0.15, 0.2) is 5.82 Å². The van der Waals surface area contributed by atoms with Gasteiger partial charge in [0, 0.05) is 30.1 Å². The van der Waals surface area contributed by atoms with Gasteiger partial charge >= 0.3 is 0 Å². The first-order chi connectivity index (χ1) is 19.7. The fourth-order valence-corrected chi connectivity index (χ4v) is 6.46. The predicted octanol–water partition coefficient (Wildman–Crippen LogP) is 7.45. The largest absolute Gasteiger partial charge is 0.370 e. The number of fused-ring (bicyclic) bond motifs is 2. The molecule has 1 amide bonds. The van der Waals surface area contributed by atoms with Crippen molar-refractivity contribution in [2.24, 2.45) is 5.92 Å². The summed E-state index contributed by atoms with van der Waals surface area (Å²) in [7, 11) is 0. The van der Waals surface area contributed by atoms with Crippen molar-refractivity contribution in [3.63, 3.8) is 0 Å². The number of carbonyl (C=O) groups is 1. The molecular weight excluding hydrogens is 496 g/mol. The van der Waals surface area contributed by atoms with Crippen molar-refractivity contribution >= 4 is 39.2 Å². The number of benzene rings is 3. The van der Waals surface area contributed by atoms with E-state index in [0.717, 1.165) is 95.5 Å². The highest BCUT2D eigenvalue weighted by Gasteiger charge is 2.23. The van der Waals surface area contributed by atoms with Crippen LogP contribution in [-0.2, 0) is 11.2 Å². The number of aromatic nitrogens is 4. The standard InChI is InChI=1S/C33H36N6O/c1-2-21-17-24(19-25(18-21)34-33(40)22-9-4-5-10-22)23-13-14-27-26(20-23)30(38-37-27)32-35-28-11-8-12-29(31(28)36-32)39-15-6-3-7-16-39/h8,11-14,17-20,22H,2-7,9-10,15-16H2,1H3,(H,34,40)(H,35,36)(H,37,38). The topological polar surface area (TPSA) is 89.7 Å². The van der Waals surface area contributed by atoms with Crippen LogP contribution in [0.2, 0.25) is 0 Å². The predicted molar refractivity (Wildman–Crippen MR) is 163 cm³/mol. The third-order valence-electron chi connectivity index (χ3n) is 8.70. The molecule has 3 aromatic carbocycles. The SMILES string of the molecule is CCc1cc(NC(=O)C2CCCC2)cc(-c2ccc3[nH]nc(-c4nc5c(N6CCCCC6)cccc5[nH]4)c3c2)c1. The van der Waals surface area contributed by atoms with Gasteiger partial charge in [-0.05, 0) is 91.6 Å². The van der Waals surface area contributed by atoms with Gasteiger partial charge in [-0.2, -0.15) is 5.10 Å². The van der Waals surface area contributed by atoms with E-state index < -0.39 is 0 Å². The first-order valence-electron chi connectivity index (χ1n) is 14.8. The first kappa shape index (κ1) is 24.9. The zero-order valence-electron chi connectivity index (χ0n) is 23.1. The maximum atomic E-state index is 12.9. The third-order valence-corrected chi connectivity index (χ3v) is 8.70. The van der Waals surface area contributed by atoms with E-state index in [-0.39, 0.29) is 11.8 Å². The lowest BCUT2D eigenvalue weighted by molar-refractivity contribution is -0.119. The summed E-state index contributed by atoms with van der Waals surface area (Å²) >= 11 is 0. The van der Waals surface area contributed by atoms with Gasteiger partial charge < -0.3 is 15.2 Å². The molecule has 1 aliphatic carbocycles. The van der Waals surface area contributed by atoms with Gasteiger partial charge in [0.1, 0.15) is 11.2 Å². The number of H-pyrrole nitrogens is 2. The number of piperidine rings is 1. The average Bonchev–Trinajstić information content (AvgIpc) is 3.76. The van der Waals surface area contributed by atoms with Crippen molar-refractivity contribution in [2.45, 2.75) is 58.3 Å². The maximum absolute atomic E-state index is 12.9. The number of carbonyl (C=O) groups excluding carboxylic acids is 1. The number of hydrogen-bond acceptors (Lipinski definition) is 4. The van der Waals surface area contributed by atoms with Crippen LogP contribution in [0.3, 0.4) is 0 Å². The lowest BCUT2D eigenvalue weighted by Crippen LogP contribution is -2.29. The summed E-state index contributed by atoms with van der Waals surface area (Å²) in [4.78, 5) is 23.9. The monoisotopic (exact) mass is 532 g/mol. The number of nitrogens with zero attached hydrogens (tertiary/aromatic N) is 3. The minimum atomic E-state index is 0.137. The van der Waals surface area contributed by atoms with E-state index in [1.165, 1.54) is 30.5 Å². The first-order valence-corrected chi connectivity index (χ1v) is 14.8. The average molecular weight is 533 g/mol. The molecule has 2 aromatic heterocycles. The van der Waals surface area contributed by atoms with E-state index in [2.05, 4.69) is 86.9 Å². The summed E-state index contributed by atoms with van der Waals surface area (Å²) in [5.74, 6) is 1.06. The van der Waals surface area contributed by atoms with E-state index in [9.17, 15) is 4.79 Å². The number of amides is 1. The Morgan fingerprint density at radius 3 is 2.62 bits per heavy atom. The van der Waals surface area contributed by atoms with Crippen molar-refractivity contribution in [2.75, 3.05) is 23.3 Å². The molecule has 0 spiro atoms. The van der Waals surface area contributed by atoms with E-state index in [1.54, 1.807) is 0 Å². The van der Waals surface area contributed by atoms with Crippen molar-refractivity contribution in [1.29, 1.82) is 0 Å². The van der Waals surface area contributed by atoms with Crippen molar-refractivity contribution < 1.29 is 4.79 Å². The van der Waals surface area contributed by atoms with Gasteiger partial charge in [-0.1, -0.05) is 38.0 Å². The number of imidazole rings is 1. The molecule has 1 saturated heterocycles. The molecule has 204 valence electrons. The zero-order chi connectivity index (χ0) is 27.1. The summed E-state index contributed by atoms with van der Waals surface area (Å²) in [5, 5.41) is 12.1. The second kappa shape index (κ2) is 10.5. The molecule has 2 aliphatic rings. The highest BCUT2D eigenvalue weighted by Crippen LogP contribution is 2.35. The molecule has 0 unspecified atom stereocenters. The number of aryl methyl sites for hydroxylation is 1. The van der Waals surface area contributed by atoms with Gasteiger partial charge in [0.2, 0.25) is 5.91 Å². The molecule has 0 bridgehead atoms. The molecule has 3 N–H and O–H groups in total. The molecule has 0 atom stereocenters. The zero-order valence-corrected chi connectivity index (χ0v) is 23.1. The summed E-state index contributed by atoms with van der Waals surface area (Å²) in [6.07, 6.45) is 8.94. The van der Waals surface area contributed by atoms with Crippen LogP contribution in [0.4, 0.5) is 11.4 Å². The van der Waals surface area contributed by atoms with Crippen LogP contribution < -0.4 is 10.2 Å². The molecule has 7 heteroatoms. The van der Waals surface area contributed by atoms with Crippen molar-refractivity contribution in [3.8, 4) is 22.6 Å². The molecule has 1 aliphatic heterocycles. The Bertz CT molecular complexity index is 1690. The fourth-order valence-electron chi connectivity index (χ4n) is 6.46. The minimum Gasteiger partial charge on any atom is -0.370 e. The van der Waals surface area contributed by atoms with Crippen LogP contribution in [0.5, 0.6) is 0 Å².